The van der Waals surface area contributed by atoms with Crippen LogP contribution in [-0.2, 0) is 9.53 Å². The molecular formula is C17H19ClN2O4S. The molecule has 1 saturated heterocycles. The van der Waals surface area contributed by atoms with E-state index in [2.05, 4.69) is 0 Å². The largest absolute Gasteiger partial charge is 0.480 e. The number of carbonyl (C=O) groups is 2. The van der Waals surface area contributed by atoms with E-state index in [9.17, 15) is 9.59 Å². The summed E-state index contributed by atoms with van der Waals surface area (Å²) >= 11 is 7.80. The molecule has 1 fully saturated rings. The molecule has 1 atom stereocenters. The number of fused-ring (bicyclic) bond motifs is 1. The van der Waals surface area contributed by atoms with Crippen LogP contribution in [0, 0.1) is 0 Å². The molecular weight excluding hydrogens is 364 g/mol. The van der Waals surface area contributed by atoms with Gasteiger partial charge in [-0.15, -0.1) is 11.3 Å². The number of likely N-dealkylation sites (N-methyl/N-ethyl adjacent to an activating group) is 1. The summed E-state index contributed by atoms with van der Waals surface area (Å²) in [6.07, 6.45) is -0.213. The Bertz CT molecular complexity index is 794. The van der Waals surface area contributed by atoms with Gasteiger partial charge in [0.05, 0.1) is 24.3 Å². The number of benzene rings is 1. The third kappa shape index (κ3) is 4.12. The van der Waals surface area contributed by atoms with Gasteiger partial charge in [0.15, 0.2) is 0 Å². The Morgan fingerprint density at radius 3 is 2.92 bits per heavy atom. The van der Waals surface area contributed by atoms with Gasteiger partial charge >= 0.3 is 5.97 Å². The smallest absolute Gasteiger partial charge is 0.317 e. The van der Waals surface area contributed by atoms with Crippen LogP contribution >= 0.6 is 22.9 Å². The summed E-state index contributed by atoms with van der Waals surface area (Å²) in [7, 11) is 1.72. The molecule has 134 valence electrons. The molecule has 1 aliphatic rings. The van der Waals surface area contributed by atoms with Crippen molar-refractivity contribution in [3.63, 3.8) is 0 Å². The zero-order valence-electron chi connectivity index (χ0n) is 13.8. The fourth-order valence-corrected chi connectivity index (χ4v) is 4.43. The number of hydrogen-bond donors (Lipinski definition) is 1. The van der Waals surface area contributed by atoms with Crippen LogP contribution in [0.1, 0.15) is 9.67 Å². The predicted octanol–water partition coefficient (Wildman–Crippen LogP) is 2.41. The fraction of sp³-hybridized carbons (Fsp3) is 0.412. The molecule has 0 bridgehead atoms. The SMILES string of the molecule is CN(CC(=O)O)C[C@H]1CN(C(=O)c2sc3ccccc3c2Cl)CCO1. The number of carbonyl (C=O) groups excluding carboxylic acids is 1. The van der Waals surface area contributed by atoms with Crippen molar-refractivity contribution in [2.75, 3.05) is 39.8 Å². The number of amides is 1. The molecule has 1 aromatic carbocycles. The lowest BCUT2D eigenvalue weighted by atomic mass is 10.2. The van der Waals surface area contributed by atoms with Crippen molar-refractivity contribution < 1.29 is 19.4 Å². The Balaban J connectivity index is 1.71. The first kappa shape index (κ1) is 18.1. The molecule has 1 aromatic heterocycles. The molecule has 1 amide bonds. The van der Waals surface area contributed by atoms with Gasteiger partial charge in [0.25, 0.3) is 5.91 Å². The van der Waals surface area contributed by atoms with Crippen LogP contribution in [0.4, 0.5) is 0 Å². The number of rotatable bonds is 5. The average molecular weight is 383 g/mol. The van der Waals surface area contributed by atoms with Crippen molar-refractivity contribution in [3.05, 3.63) is 34.2 Å². The van der Waals surface area contributed by atoms with Crippen molar-refractivity contribution in [1.29, 1.82) is 0 Å². The Morgan fingerprint density at radius 1 is 1.44 bits per heavy atom. The Hall–Kier alpha value is -1.67. The van der Waals surface area contributed by atoms with Crippen LogP contribution in [0.5, 0.6) is 0 Å². The van der Waals surface area contributed by atoms with E-state index in [0.717, 1.165) is 10.1 Å². The first-order valence-electron chi connectivity index (χ1n) is 7.94. The summed E-state index contributed by atoms with van der Waals surface area (Å²) < 4.78 is 6.67. The third-order valence-electron chi connectivity index (χ3n) is 4.08. The van der Waals surface area contributed by atoms with E-state index in [4.69, 9.17) is 21.4 Å². The van der Waals surface area contributed by atoms with E-state index in [1.54, 1.807) is 16.8 Å². The fourth-order valence-electron chi connectivity index (χ4n) is 2.95. The number of halogens is 1. The molecule has 2 heterocycles. The number of carboxylic acid groups (broad SMARTS) is 1. The van der Waals surface area contributed by atoms with Crippen molar-refractivity contribution >= 4 is 44.9 Å². The summed E-state index contributed by atoms with van der Waals surface area (Å²) in [5, 5.41) is 10.2. The number of thiophene rings is 1. The molecule has 0 aliphatic carbocycles. The highest BCUT2D eigenvalue weighted by Crippen LogP contribution is 2.36. The second-order valence-electron chi connectivity index (χ2n) is 6.08. The van der Waals surface area contributed by atoms with Crippen LogP contribution in [0.2, 0.25) is 5.02 Å². The van der Waals surface area contributed by atoms with Gasteiger partial charge in [-0.2, -0.15) is 0 Å². The van der Waals surface area contributed by atoms with E-state index < -0.39 is 5.97 Å². The first-order chi connectivity index (χ1) is 12.0. The van der Waals surface area contributed by atoms with Crippen molar-refractivity contribution in [2.45, 2.75) is 6.10 Å². The topological polar surface area (TPSA) is 70.1 Å². The van der Waals surface area contributed by atoms with Gasteiger partial charge in [-0.25, -0.2) is 0 Å². The highest BCUT2D eigenvalue weighted by molar-refractivity contribution is 7.21. The average Bonchev–Trinajstić information content (AvgIpc) is 2.91. The van der Waals surface area contributed by atoms with E-state index in [1.165, 1.54) is 11.3 Å². The van der Waals surface area contributed by atoms with E-state index in [1.807, 2.05) is 24.3 Å². The number of aliphatic carboxylic acids is 1. The normalized spacial score (nSPS) is 18.0. The van der Waals surface area contributed by atoms with E-state index in [-0.39, 0.29) is 18.6 Å². The number of ether oxygens (including phenoxy) is 1. The first-order valence-corrected chi connectivity index (χ1v) is 9.13. The highest BCUT2D eigenvalue weighted by Gasteiger charge is 2.28. The summed E-state index contributed by atoms with van der Waals surface area (Å²) in [6, 6.07) is 7.68. The number of carboxylic acids is 1. The summed E-state index contributed by atoms with van der Waals surface area (Å²) in [5.74, 6) is -0.983. The van der Waals surface area contributed by atoms with Crippen molar-refractivity contribution in [3.8, 4) is 0 Å². The number of hydrogen-bond acceptors (Lipinski definition) is 5. The van der Waals surface area contributed by atoms with Gasteiger partial charge in [0.2, 0.25) is 0 Å². The maximum absolute atomic E-state index is 12.9. The molecule has 25 heavy (non-hydrogen) atoms. The second-order valence-corrected chi connectivity index (χ2v) is 7.51. The minimum Gasteiger partial charge on any atom is -0.480 e. The third-order valence-corrected chi connectivity index (χ3v) is 5.74. The van der Waals surface area contributed by atoms with Gasteiger partial charge in [0, 0.05) is 29.7 Å². The van der Waals surface area contributed by atoms with Gasteiger partial charge in [0.1, 0.15) is 4.88 Å². The summed E-state index contributed by atoms with van der Waals surface area (Å²) in [6.45, 7) is 1.75. The molecule has 3 rings (SSSR count). The van der Waals surface area contributed by atoms with E-state index >= 15 is 0 Å². The van der Waals surface area contributed by atoms with Gasteiger partial charge < -0.3 is 14.7 Å². The van der Waals surface area contributed by atoms with Crippen LogP contribution in [0.3, 0.4) is 0 Å². The minimum atomic E-state index is -0.886. The quantitative estimate of drug-likeness (QED) is 0.859. The zero-order chi connectivity index (χ0) is 18.0. The molecule has 0 radical (unpaired) electrons. The molecule has 1 N–H and O–H groups in total. The van der Waals surface area contributed by atoms with Gasteiger partial charge in [-0.1, -0.05) is 29.8 Å². The second kappa shape index (κ2) is 7.70. The highest BCUT2D eigenvalue weighted by atomic mass is 35.5. The van der Waals surface area contributed by atoms with Crippen LogP contribution in [0.15, 0.2) is 24.3 Å². The molecule has 2 aromatic rings. The standard InChI is InChI=1S/C17H19ClN2O4S/c1-19(10-14(21)22)8-11-9-20(6-7-24-11)17(23)16-15(18)12-4-2-3-5-13(12)25-16/h2-5,11H,6-10H2,1H3,(H,21,22)/t11-/m0/s1. The van der Waals surface area contributed by atoms with Crippen LogP contribution < -0.4 is 0 Å². The van der Waals surface area contributed by atoms with Crippen molar-refractivity contribution in [2.24, 2.45) is 0 Å². The molecule has 0 unspecified atom stereocenters. The molecule has 6 nitrogen and oxygen atoms in total. The van der Waals surface area contributed by atoms with Gasteiger partial charge in [-0.05, 0) is 13.1 Å². The zero-order valence-corrected chi connectivity index (χ0v) is 15.3. The Morgan fingerprint density at radius 2 is 2.20 bits per heavy atom. The summed E-state index contributed by atoms with van der Waals surface area (Å²) in [4.78, 5) is 27.6. The molecule has 0 saturated carbocycles. The number of nitrogens with zero attached hydrogens (tertiary/aromatic N) is 2. The lowest BCUT2D eigenvalue weighted by Crippen LogP contribution is -2.49. The van der Waals surface area contributed by atoms with E-state index in [0.29, 0.717) is 36.1 Å². The van der Waals surface area contributed by atoms with Crippen LogP contribution in [0.25, 0.3) is 10.1 Å². The molecule has 8 heteroatoms. The monoisotopic (exact) mass is 382 g/mol. The minimum absolute atomic E-state index is 0.0596. The van der Waals surface area contributed by atoms with Crippen LogP contribution in [-0.4, -0.2) is 72.7 Å². The maximum atomic E-state index is 12.9. The summed E-state index contributed by atoms with van der Waals surface area (Å²) in [5.41, 5.74) is 0. The number of morpholine rings is 1. The molecule has 1 aliphatic heterocycles. The van der Waals surface area contributed by atoms with Gasteiger partial charge in [-0.3, -0.25) is 14.5 Å². The predicted molar refractivity (Wildman–Crippen MR) is 97.6 cm³/mol. The lowest BCUT2D eigenvalue weighted by Gasteiger charge is -2.34. The maximum Gasteiger partial charge on any atom is 0.317 e. The Kier molecular flexibility index (Phi) is 5.58. The van der Waals surface area contributed by atoms with Crippen molar-refractivity contribution in [1.82, 2.24) is 9.80 Å². The lowest BCUT2D eigenvalue weighted by molar-refractivity contribution is -0.138. The Labute approximate surface area is 154 Å². The molecule has 0 spiro atoms.